The van der Waals surface area contributed by atoms with Gasteiger partial charge in [-0.05, 0) is 24.3 Å². The van der Waals surface area contributed by atoms with Crippen molar-refractivity contribution in [3.05, 3.63) is 42.6 Å². The number of fused-ring (bicyclic) bond motifs is 2. The lowest BCUT2D eigenvalue weighted by Gasteiger charge is -1.94. The van der Waals surface area contributed by atoms with Gasteiger partial charge in [-0.15, -0.1) is 10.2 Å². The first-order valence-corrected chi connectivity index (χ1v) is 6.75. The minimum absolute atomic E-state index is 0.517. The Morgan fingerprint density at radius 3 is 3.05 bits per heavy atom. The molecule has 2 N–H and O–H groups in total. The number of hydrogen-bond acceptors (Lipinski definition) is 6. The van der Waals surface area contributed by atoms with Crippen LogP contribution in [0.1, 0.15) is 0 Å². The molecule has 0 saturated carbocycles. The number of nitrogens with zero attached hydrogens (tertiary/aromatic N) is 4. The summed E-state index contributed by atoms with van der Waals surface area (Å²) in [6.07, 6.45) is 1.90. The lowest BCUT2D eigenvalue weighted by molar-refractivity contribution is 0.488. The Kier molecular flexibility index (Phi) is 2.40. The van der Waals surface area contributed by atoms with E-state index < -0.39 is 0 Å². The van der Waals surface area contributed by atoms with Crippen LogP contribution in [0.5, 0.6) is 0 Å². The van der Waals surface area contributed by atoms with Gasteiger partial charge in [-0.25, -0.2) is 4.98 Å². The third-order valence-electron chi connectivity index (χ3n) is 2.85. The zero-order valence-corrected chi connectivity index (χ0v) is 11.0. The molecule has 20 heavy (non-hydrogen) atoms. The second-order valence-electron chi connectivity index (χ2n) is 4.22. The Morgan fingerprint density at radius 1 is 1.15 bits per heavy atom. The van der Waals surface area contributed by atoms with Crippen molar-refractivity contribution in [3.8, 4) is 0 Å². The van der Waals surface area contributed by atoms with E-state index in [9.17, 15) is 0 Å². The summed E-state index contributed by atoms with van der Waals surface area (Å²) >= 11 is 1.33. The van der Waals surface area contributed by atoms with Crippen LogP contribution in [0, 0.1) is 0 Å². The normalized spacial score (nSPS) is 11.4. The molecule has 0 saturated heterocycles. The molecule has 0 fully saturated rings. The zero-order chi connectivity index (χ0) is 13.5. The first-order chi connectivity index (χ1) is 9.79. The Morgan fingerprint density at radius 2 is 2.10 bits per heavy atom. The molecular weight excluding hydrogens is 274 g/mol. The Hall–Kier alpha value is -2.54. The van der Waals surface area contributed by atoms with Gasteiger partial charge in [0.05, 0.1) is 0 Å². The Balaban J connectivity index is 1.76. The number of rotatable bonds is 2. The quantitative estimate of drug-likeness (QED) is 0.569. The van der Waals surface area contributed by atoms with E-state index in [1.165, 1.54) is 11.8 Å². The first kappa shape index (κ1) is 11.3. The standard InChI is InChI=1S/C13H9N5OS/c14-8-4-5-9-10(7-8)19-13(15-9)20-12-17-16-11-3-1-2-6-18(11)12/h1-7H,14H2. The second-order valence-corrected chi connectivity index (χ2v) is 5.14. The average molecular weight is 283 g/mol. The number of pyridine rings is 1. The molecule has 98 valence electrons. The molecule has 0 bridgehead atoms. The van der Waals surface area contributed by atoms with Gasteiger partial charge < -0.3 is 10.2 Å². The second kappa shape index (κ2) is 4.24. The number of aromatic nitrogens is 4. The highest BCUT2D eigenvalue weighted by Crippen LogP contribution is 2.29. The predicted octanol–water partition coefficient (Wildman–Crippen LogP) is 2.60. The molecule has 0 amide bonds. The zero-order valence-electron chi connectivity index (χ0n) is 10.2. The van der Waals surface area contributed by atoms with Gasteiger partial charge in [-0.2, -0.15) is 0 Å². The monoisotopic (exact) mass is 283 g/mol. The molecule has 0 unspecified atom stereocenters. The lowest BCUT2D eigenvalue weighted by Crippen LogP contribution is -1.85. The van der Waals surface area contributed by atoms with Crippen LogP contribution in [-0.4, -0.2) is 19.6 Å². The summed E-state index contributed by atoms with van der Waals surface area (Å²) in [6.45, 7) is 0. The molecule has 1 aromatic carbocycles. The van der Waals surface area contributed by atoms with Gasteiger partial charge in [-0.1, -0.05) is 6.07 Å². The topological polar surface area (TPSA) is 82.2 Å². The van der Waals surface area contributed by atoms with Crippen LogP contribution < -0.4 is 5.73 Å². The molecule has 4 aromatic rings. The van der Waals surface area contributed by atoms with Crippen molar-refractivity contribution in [2.45, 2.75) is 10.4 Å². The molecule has 0 aliphatic heterocycles. The fourth-order valence-electron chi connectivity index (χ4n) is 1.93. The molecule has 0 atom stereocenters. The van der Waals surface area contributed by atoms with Gasteiger partial charge in [0.25, 0.3) is 5.22 Å². The average Bonchev–Trinajstić information content (AvgIpc) is 3.03. The van der Waals surface area contributed by atoms with Crippen LogP contribution in [0.25, 0.3) is 16.7 Å². The van der Waals surface area contributed by atoms with E-state index in [-0.39, 0.29) is 0 Å². The van der Waals surface area contributed by atoms with Crippen LogP contribution >= 0.6 is 11.8 Å². The number of benzene rings is 1. The number of anilines is 1. The molecule has 0 radical (unpaired) electrons. The summed E-state index contributed by atoms with van der Waals surface area (Å²) < 4.78 is 7.54. The minimum atomic E-state index is 0.517. The van der Waals surface area contributed by atoms with Gasteiger partial charge in [0.15, 0.2) is 11.2 Å². The highest BCUT2D eigenvalue weighted by Gasteiger charge is 2.12. The first-order valence-electron chi connectivity index (χ1n) is 5.93. The van der Waals surface area contributed by atoms with E-state index in [1.54, 1.807) is 12.1 Å². The lowest BCUT2D eigenvalue weighted by atomic mass is 10.3. The van der Waals surface area contributed by atoms with Crippen molar-refractivity contribution in [1.29, 1.82) is 0 Å². The number of nitrogen functional groups attached to an aromatic ring is 1. The van der Waals surface area contributed by atoms with Crippen LogP contribution in [-0.2, 0) is 0 Å². The number of hydrogen-bond donors (Lipinski definition) is 1. The van der Waals surface area contributed by atoms with Crippen molar-refractivity contribution in [3.63, 3.8) is 0 Å². The summed E-state index contributed by atoms with van der Waals surface area (Å²) in [4.78, 5) is 4.40. The van der Waals surface area contributed by atoms with E-state index >= 15 is 0 Å². The summed E-state index contributed by atoms with van der Waals surface area (Å²) in [5.74, 6) is 0. The highest BCUT2D eigenvalue weighted by molar-refractivity contribution is 7.99. The summed E-state index contributed by atoms with van der Waals surface area (Å²) in [5, 5.41) is 9.44. The summed E-state index contributed by atoms with van der Waals surface area (Å²) in [5.41, 5.74) is 8.60. The smallest absolute Gasteiger partial charge is 0.264 e. The molecule has 7 heteroatoms. The SMILES string of the molecule is Nc1ccc2nc(Sc3nnc4ccccn34)oc2c1. The molecule has 4 rings (SSSR count). The van der Waals surface area contributed by atoms with Crippen molar-refractivity contribution < 1.29 is 4.42 Å². The van der Waals surface area contributed by atoms with Gasteiger partial charge in [0, 0.05) is 29.7 Å². The van der Waals surface area contributed by atoms with Gasteiger partial charge >= 0.3 is 0 Å². The maximum absolute atomic E-state index is 5.72. The van der Waals surface area contributed by atoms with E-state index in [2.05, 4.69) is 15.2 Å². The summed E-state index contributed by atoms with van der Waals surface area (Å²) in [7, 11) is 0. The van der Waals surface area contributed by atoms with Crippen LogP contribution in [0.15, 0.2) is 57.4 Å². The highest BCUT2D eigenvalue weighted by atomic mass is 32.2. The third kappa shape index (κ3) is 1.79. The van der Waals surface area contributed by atoms with Gasteiger partial charge in [-0.3, -0.25) is 4.40 Å². The van der Waals surface area contributed by atoms with E-state index in [4.69, 9.17) is 10.2 Å². The number of nitrogens with two attached hydrogens (primary N) is 1. The largest absolute Gasteiger partial charge is 0.431 e. The van der Waals surface area contributed by atoms with Gasteiger partial charge in [0.2, 0.25) is 5.16 Å². The Labute approximate surface area is 117 Å². The minimum Gasteiger partial charge on any atom is -0.431 e. The van der Waals surface area contributed by atoms with E-state index in [1.807, 2.05) is 34.9 Å². The molecule has 3 heterocycles. The van der Waals surface area contributed by atoms with E-state index in [0.29, 0.717) is 21.6 Å². The van der Waals surface area contributed by atoms with Crippen LogP contribution in [0.4, 0.5) is 5.69 Å². The van der Waals surface area contributed by atoms with E-state index in [0.717, 1.165) is 11.2 Å². The maximum Gasteiger partial charge on any atom is 0.264 e. The molecule has 3 aromatic heterocycles. The fourth-order valence-corrected chi connectivity index (χ4v) is 2.70. The molecular formula is C13H9N5OS. The molecule has 0 aliphatic rings. The van der Waals surface area contributed by atoms with Gasteiger partial charge in [0.1, 0.15) is 5.52 Å². The predicted molar refractivity (Wildman–Crippen MR) is 75.5 cm³/mol. The third-order valence-corrected chi connectivity index (χ3v) is 3.66. The Bertz CT molecular complexity index is 913. The fraction of sp³-hybridized carbons (Fsp3) is 0. The van der Waals surface area contributed by atoms with Crippen molar-refractivity contribution in [2.24, 2.45) is 0 Å². The number of oxazole rings is 1. The molecule has 0 aliphatic carbocycles. The van der Waals surface area contributed by atoms with Crippen molar-refractivity contribution in [1.82, 2.24) is 19.6 Å². The van der Waals surface area contributed by atoms with Crippen LogP contribution in [0.3, 0.4) is 0 Å². The van der Waals surface area contributed by atoms with Crippen molar-refractivity contribution >= 4 is 34.2 Å². The van der Waals surface area contributed by atoms with Crippen LogP contribution in [0.2, 0.25) is 0 Å². The summed E-state index contributed by atoms with van der Waals surface area (Å²) in [6, 6.07) is 11.1. The molecule has 6 nitrogen and oxygen atoms in total. The maximum atomic E-state index is 5.72. The van der Waals surface area contributed by atoms with Crippen molar-refractivity contribution in [2.75, 3.05) is 5.73 Å². The molecule has 0 spiro atoms.